The van der Waals surface area contributed by atoms with Crippen LogP contribution in [0, 0.1) is 17.6 Å². The zero-order valence-corrected chi connectivity index (χ0v) is 16.1. The molecule has 0 saturated carbocycles. The van der Waals surface area contributed by atoms with E-state index in [1.165, 1.54) is 12.1 Å². The van der Waals surface area contributed by atoms with Crippen LogP contribution in [0.1, 0.15) is 23.7 Å². The fourth-order valence-corrected chi connectivity index (χ4v) is 4.59. The average molecular weight is 390 g/mol. The normalized spacial score (nSPS) is 18.3. The van der Waals surface area contributed by atoms with Crippen LogP contribution in [0.4, 0.5) is 8.78 Å². The van der Waals surface area contributed by atoms with Crippen LogP contribution in [0.25, 0.3) is 0 Å². The summed E-state index contributed by atoms with van der Waals surface area (Å²) in [4.78, 5) is 15.5. The molecular formula is C21H24F2N2OS. The number of benzene rings is 2. The van der Waals surface area contributed by atoms with Crippen molar-refractivity contribution in [2.75, 3.05) is 26.7 Å². The van der Waals surface area contributed by atoms with Crippen LogP contribution in [0.15, 0.2) is 53.4 Å². The third-order valence-corrected chi connectivity index (χ3v) is 6.08. The maximum atomic E-state index is 14.2. The summed E-state index contributed by atoms with van der Waals surface area (Å²) in [5, 5.41) is 2.63. The number of carbonyl (C=O) groups excluding carboxylic acids is 1. The minimum Gasteiger partial charge on any atom is -0.341 e. The van der Waals surface area contributed by atoms with Crippen molar-refractivity contribution in [1.82, 2.24) is 10.2 Å². The van der Waals surface area contributed by atoms with Crippen molar-refractivity contribution in [3.63, 3.8) is 0 Å². The highest BCUT2D eigenvalue weighted by atomic mass is 32.2. The van der Waals surface area contributed by atoms with E-state index in [1.54, 1.807) is 0 Å². The smallest absolute Gasteiger partial charge is 0.240 e. The van der Waals surface area contributed by atoms with Crippen molar-refractivity contribution in [3.05, 3.63) is 65.7 Å². The summed E-state index contributed by atoms with van der Waals surface area (Å²) < 4.78 is 27.4. The van der Waals surface area contributed by atoms with Crippen LogP contribution in [-0.4, -0.2) is 37.5 Å². The third kappa shape index (κ3) is 5.08. The van der Waals surface area contributed by atoms with E-state index in [0.29, 0.717) is 12.5 Å². The molecule has 1 saturated heterocycles. The molecule has 1 fully saturated rings. The molecule has 0 spiro atoms. The Balaban J connectivity index is 1.84. The summed E-state index contributed by atoms with van der Waals surface area (Å²) in [5.41, 5.74) is 0.826. The first-order valence-corrected chi connectivity index (χ1v) is 10.1. The summed E-state index contributed by atoms with van der Waals surface area (Å²) in [7, 11) is 1.92. The van der Waals surface area contributed by atoms with E-state index in [9.17, 15) is 13.6 Å². The Hall–Kier alpha value is -1.92. The van der Waals surface area contributed by atoms with Gasteiger partial charge in [0.2, 0.25) is 5.91 Å². The summed E-state index contributed by atoms with van der Waals surface area (Å²) in [6.07, 6.45) is 2.07. The number of hydrogen-bond donors (Lipinski definition) is 1. The van der Waals surface area contributed by atoms with E-state index in [-0.39, 0.29) is 10.8 Å². The molecule has 0 bridgehead atoms. The van der Waals surface area contributed by atoms with Crippen molar-refractivity contribution >= 4 is 17.7 Å². The van der Waals surface area contributed by atoms with Crippen LogP contribution >= 0.6 is 11.8 Å². The average Bonchev–Trinajstić information content (AvgIpc) is 2.68. The molecule has 1 aliphatic heterocycles. The summed E-state index contributed by atoms with van der Waals surface area (Å²) in [5.74, 6) is -0.849. The van der Waals surface area contributed by atoms with Gasteiger partial charge in [-0.3, -0.25) is 4.79 Å². The molecule has 1 N–H and O–H groups in total. The minimum atomic E-state index is -0.638. The lowest BCUT2D eigenvalue weighted by Crippen LogP contribution is -2.44. The van der Waals surface area contributed by atoms with E-state index < -0.39 is 16.9 Å². The molecule has 1 amide bonds. The Morgan fingerprint density at radius 2 is 2.04 bits per heavy atom. The Morgan fingerprint density at radius 3 is 2.74 bits per heavy atom. The third-order valence-electron chi connectivity index (χ3n) is 4.79. The molecule has 0 aromatic heterocycles. The fraction of sp³-hybridized carbons (Fsp3) is 0.381. The summed E-state index contributed by atoms with van der Waals surface area (Å²) >= 11 is 1.14. The van der Waals surface area contributed by atoms with Crippen LogP contribution < -0.4 is 5.32 Å². The first-order chi connectivity index (χ1) is 13.1. The second kappa shape index (κ2) is 9.33. The molecule has 1 aliphatic rings. The Kier molecular flexibility index (Phi) is 6.85. The molecule has 27 heavy (non-hydrogen) atoms. The van der Waals surface area contributed by atoms with Crippen molar-refractivity contribution < 1.29 is 13.6 Å². The lowest BCUT2D eigenvalue weighted by atomic mass is 9.97. The molecule has 2 atom stereocenters. The monoisotopic (exact) mass is 390 g/mol. The number of carbonyl (C=O) groups is 1. The predicted octanol–water partition coefficient (Wildman–Crippen LogP) is 4.26. The highest BCUT2D eigenvalue weighted by Gasteiger charge is 2.31. The van der Waals surface area contributed by atoms with Crippen molar-refractivity contribution in [2.45, 2.75) is 23.0 Å². The molecule has 6 heteroatoms. The predicted molar refractivity (Wildman–Crippen MR) is 105 cm³/mol. The van der Waals surface area contributed by atoms with Gasteiger partial charge in [0.1, 0.15) is 16.9 Å². The van der Waals surface area contributed by atoms with Gasteiger partial charge in [0.15, 0.2) is 0 Å². The van der Waals surface area contributed by atoms with Crippen molar-refractivity contribution in [1.29, 1.82) is 0 Å². The molecule has 3 rings (SSSR count). The number of halogens is 2. The molecule has 144 valence electrons. The Morgan fingerprint density at radius 1 is 1.26 bits per heavy atom. The topological polar surface area (TPSA) is 32.3 Å². The molecule has 2 unspecified atom stereocenters. The van der Waals surface area contributed by atoms with E-state index in [2.05, 4.69) is 5.32 Å². The van der Waals surface area contributed by atoms with Gasteiger partial charge in [-0.05, 0) is 50.0 Å². The molecule has 3 nitrogen and oxygen atoms in total. The molecule has 1 heterocycles. The quantitative estimate of drug-likeness (QED) is 0.748. The maximum Gasteiger partial charge on any atom is 0.240 e. The largest absolute Gasteiger partial charge is 0.341 e. The Bertz CT molecular complexity index is 770. The zero-order valence-electron chi connectivity index (χ0n) is 15.3. The van der Waals surface area contributed by atoms with E-state index in [1.807, 2.05) is 42.3 Å². The number of hydrogen-bond acceptors (Lipinski definition) is 3. The maximum absolute atomic E-state index is 14.2. The van der Waals surface area contributed by atoms with Crippen LogP contribution in [0.5, 0.6) is 0 Å². The number of nitrogens with one attached hydrogen (secondary N) is 1. The van der Waals surface area contributed by atoms with Crippen LogP contribution in [0.3, 0.4) is 0 Å². The van der Waals surface area contributed by atoms with Gasteiger partial charge < -0.3 is 10.2 Å². The van der Waals surface area contributed by atoms with Crippen LogP contribution in [0.2, 0.25) is 0 Å². The van der Waals surface area contributed by atoms with Gasteiger partial charge in [-0.2, -0.15) is 0 Å². The van der Waals surface area contributed by atoms with E-state index in [4.69, 9.17) is 0 Å². The Labute approximate surface area is 163 Å². The van der Waals surface area contributed by atoms with Crippen LogP contribution in [-0.2, 0) is 4.79 Å². The molecule has 2 aromatic rings. The standard InChI is InChI=1S/C21H24F2N2OS/c1-24-13-15-6-5-11-25(14-15)21(26)20(16-7-3-2-4-8-16)27-19-10-9-17(22)12-18(19)23/h2-4,7-10,12,15,20,24H,5-6,11,13-14H2,1H3. The van der Waals surface area contributed by atoms with Gasteiger partial charge in [0.05, 0.1) is 0 Å². The molecular weight excluding hydrogens is 366 g/mol. The number of likely N-dealkylation sites (tertiary alicyclic amines) is 1. The van der Waals surface area contributed by atoms with E-state index in [0.717, 1.165) is 49.3 Å². The van der Waals surface area contributed by atoms with Gasteiger partial charge in [-0.1, -0.05) is 30.3 Å². The second-order valence-corrected chi connectivity index (χ2v) is 7.98. The minimum absolute atomic E-state index is 0.0178. The number of rotatable bonds is 6. The van der Waals surface area contributed by atoms with Gasteiger partial charge in [-0.25, -0.2) is 8.78 Å². The van der Waals surface area contributed by atoms with Crippen molar-refractivity contribution in [2.24, 2.45) is 5.92 Å². The molecule has 2 aromatic carbocycles. The van der Waals surface area contributed by atoms with E-state index >= 15 is 0 Å². The zero-order chi connectivity index (χ0) is 19.2. The summed E-state index contributed by atoms with van der Waals surface area (Å²) in [6.45, 7) is 2.30. The number of nitrogens with zero attached hydrogens (tertiary/aromatic N) is 1. The summed E-state index contributed by atoms with van der Waals surface area (Å²) in [6, 6.07) is 12.9. The van der Waals surface area contributed by atoms with Gasteiger partial charge in [0, 0.05) is 24.1 Å². The second-order valence-electron chi connectivity index (χ2n) is 6.83. The highest BCUT2D eigenvalue weighted by Crippen LogP contribution is 2.38. The fourth-order valence-electron chi connectivity index (χ4n) is 3.47. The SMILES string of the molecule is CNCC1CCCN(C(=O)C(Sc2ccc(F)cc2F)c2ccccc2)C1. The molecule has 0 radical (unpaired) electrons. The first-order valence-electron chi connectivity index (χ1n) is 9.18. The van der Waals surface area contributed by atoms with Crippen molar-refractivity contribution in [3.8, 4) is 0 Å². The highest BCUT2D eigenvalue weighted by molar-refractivity contribution is 8.00. The number of amides is 1. The lowest BCUT2D eigenvalue weighted by Gasteiger charge is -2.35. The van der Waals surface area contributed by atoms with Gasteiger partial charge in [-0.15, -0.1) is 11.8 Å². The van der Waals surface area contributed by atoms with Gasteiger partial charge in [0.25, 0.3) is 0 Å². The number of piperidine rings is 1. The van der Waals surface area contributed by atoms with Gasteiger partial charge >= 0.3 is 0 Å². The number of thioether (sulfide) groups is 1. The molecule has 0 aliphatic carbocycles. The first kappa shape index (κ1) is 19.8. The lowest BCUT2D eigenvalue weighted by molar-refractivity contribution is -0.132.